The van der Waals surface area contributed by atoms with Gasteiger partial charge < -0.3 is 5.32 Å². The molecule has 5 nitrogen and oxygen atoms in total. The van der Waals surface area contributed by atoms with Crippen molar-refractivity contribution in [1.82, 2.24) is 10.3 Å². The molecule has 104 valence electrons. The van der Waals surface area contributed by atoms with Crippen LogP contribution in [-0.4, -0.2) is 36.1 Å². The van der Waals surface area contributed by atoms with Gasteiger partial charge in [-0.1, -0.05) is 6.42 Å². The molecule has 2 fully saturated rings. The summed E-state index contributed by atoms with van der Waals surface area (Å²) in [6.07, 6.45) is 6.20. The zero-order valence-corrected chi connectivity index (χ0v) is 11.4. The van der Waals surface area contributed by atoms with Gasteiger partial charge in [-0.15, -0.1) is 0 Å². The van der Waals surface area contributed by atoms with E-state index in [0.29, 0.717) is 24.5 Å². The van der Waals surface area contributed by atoms with Crippen molar-refractivity contribution < 1.29 is 9.59 Å². The van der Waals surface area contributed by atoms with Gasteiger partial charge in [-0.2, -0.15) is 5.10 Å². The molecule has 5 heteroatoms. The number of hydrogen-bond donors (Lipinski definition) is 1. The van der Waals surface area contributed by atoms with Crippen molar-refractivity contribution in [3.63, 3.8) is 0 Å². The van der Waals surface area contributed by atoms with Crippen molar-refractivity contribution in [1.29, 1.82) is 0 Å². The fourth-order valence-electron chi connectivity index (χ4n) is 3.79. The molecule has 0 spiro atoms. The second-order valence-electron chi connectivity index (χ2n) is 6.11. The third-order valence-electron chi connectivity index (χ3n) is 4.88. The zero-order chi connectivity index (χ0) is 13.4. The van der Waals surface area contributed by atoms with E-state index < -0.39 is 0 Å². The fourth-order valence-corrected chi connectivity index (χ4v) is 3.79. The minimum Gasteiger partial charge on any atom is -0.351 e. The maximum atomic E-state index is 12.0. The summed E-state index contributed by atoms with van der Waals surface area (Å²) in [5.41, 5.74) is 0.491. The van der Waals surface area contributed by atoms with E-state index in [1.165, 1.54) is 30.7 Å². The Hall–Kier alpha value is -1.39. The molecule has 3 rings (SSSR count). The molecule has 1 heterocycles. The highest BCUT2D eigenvalue weighted by molar-refractivity contribution is 6.39. The third kappa shape index (κ3) is 2.51. The van der Waals surface area contributed by atoms with E-state index in [2.05, 4.69) is 10.4 Å². The van der Waals surface area contributed by atoms with Crippen molar-refractivity contribution in [2.24, 2.45) is 22.9 Å². The molecule has 0 aromatic carbocycles. The summed E-state index contributed by atoms with van der Waals surface area (Å²) in [4.78, 5) is 23.3. The first-order valence-electron chi connectivity index (χ1n) is 7.25. The first kappa shape index (κ1) is 12.6. The summed E-state index contributed by atoms with van der Waals surface area (Å²) in [5.74, 6) is 2.27. The molecule has 0 unspecified atom stereocenters. The molecule has 2 aliphatic carbocycles. The van der Waals surface area contributed by atoms with Gasteiger partial charge in [0.25, 0.3) is 5.91 Å². The number of hydrogen-bond acceptors (Lipinski definition) is 3. The summed E-state index contributed by atoms with van der Waals surface area (Å²) in [5, 5.41) is 8.33. The Morgan fingerprint density at radius 2 is 2.21 bits per heavy atom. The number of hydrazone groups is 1. The summed E-state index contributed by atoms with van der Waals surface area (Å²) >= 11 is 0. The first-order valence-corrected chi connectivity index (χ1v) is 7.25. The predicted molar refractivity (Wildman–Crippen MR) is 71.4 cm³/mol. The van der Waals surface area contributed by atoms with E-state index in [-0.39, 0.29) is 11.8 Å². The van der Waals surface area contributed by atoms with Gasteiger partial charge in [0.2, 0.25) is 5.91 Å². The fraction of sp³-hybridized carbons (Fsp3) is 0.786. The van der Waals surface area contributed by atoms with E-state index in [1.54, 1.807) is 7.05 Å². The Kier molecular flexibility index (Phi) is 3.29. The summed E-state index contributed by atoms with van der Waals surface area (Å²) in [6, 6.07) is 0. The lowest BCUT2D eigenvalue weighted by Crippen LogP contribution is -2.40. The summed E-state index contributed by atoms with van der Waals surface area (Å²) < 4.78 is 0. The second-order valence-corrected chi connectivity index (χ2v) is 6.11. The van der Waals surface area contributed by atoms with Gasteiger partial charge in [0.05, 0.1) is 0 Å². The van der Waals surface area contributed by atoms with E-state index >= 15 is 0 Å². The van der Waals surface area contributed by atoms with Crippen LogP contribution in [0.15, 0.2) is 5.10 Å². The van der Waals surface area contributed by atoms with Gasteiger partial charge in [-0.3, -0.25) is 9.59 Å². The normalized spacial score (nSPS) is 33.5. The third-order valence-corrected chi connectivity index (χ3v) is 4.88. The molecule has 3 aliphatic rings. The number of rotatable bonds is 3. The standard InChI is InChI=1S/C14H21N3O2/c1-17-13(18)5-4-12(16-17)14(19)15-8-11-7-9-2-3-10(11)6-9/h9-11H,2-8H2,1H3,(H,15,19)/t9-,10-,11-/m0/s1. The molecular formula is C14H21N3O2. The molecule has 1 aliphatic heterocycles. The lowest BCUT2D eigenvalue weighted by Gasteiger charge is -2.23. The van der Waals surface area contributed by atoms with Gasteiger partial charge >= 0.3 is 0 Å². The van der Waals surface area contributed by atoms with Crippen molar-refractivity contribution in [2.75, 3.05) is 13.6 Å². The van der Waals surface area contributed by atoms with Crippen molar-refractivity contribution in [2.45, 2.75) is 38.5 Å². The molecule has 3 atom stereocenters. The Morgan fingerprint density at radius 1 is 1.37 bits per heavy atom. The van der Waals surface area contributed by atoms with Gasteiger partial charge in [0.1, 0.15) is 5.71 Å². The quantitative estimate of drug-likeness (QED) is 0.830. The Morgan fingerprint density at radius 3 is 2.84 bits per heavy atom. The highest BCUT2D eigenvalue weighted by atomic mass is 16.2. The molecular weight excluding hydrogens is 242 g/mol. The van der Waals surface area contributed by atoms with Gasteiger partial charge in [-0.25, -0.2) is 5.01 Å². The topological polar surface area (TPSA) is 61.8 Å². The van der Waals surface area contributed by atoms with Crippen LogP contribution in [-0.2, 0) is 9.59 Å². The van der Waals surface area contributed by atoms with Crippen LogP contribution in [0.25, 0.3) is 0 Å². The molecule has 19 heavy (non-hydrogen) atoms. The van der Waals surface area contributed by atoms with Crippen LogP contribution in [0.5, 0.6) is 0 Å². The van der Waals surface area contributed by atoms with Gasteiger partial charge in [0.15, 0.2) is 0 Å². The molecule has 0 aromatic heterocycles. The predicted octanol–water partition coefficient (Wildman–Crippen LogP) is 1.15. The smallest absolute Gasteiger partial charge is 0.267 e. The molecule has 2 bridgehead atoms. The van der Waals surface area contributed by atoms with Crippen LogP contribution in [0, 0.1) is 17.8 Å². The number of amides is 2. The lowest BCUT2D eigenvalue weighted by atomic mass is 9.89. The van der Waals surface area contributed by atoms with E-state index in [4.69, 9.17) is 0 Å². The monoisotopic (exact) mass is 263 g/mol. The molecule has 0 saturated heterocycles. The highest BCUT2D eigenvalue weighted by Gasteiger charge is 2.39. The first-order chi connectivity index (χ1) is 9.13. The minimum atomic E-state index is -0.0953. The second kappa shape index (κ2) is 4.94. The largest absolute Gasteiger partial charge is 0.351 e. The molecule has 1 N–H and O–H groups in total. The number of carbonyl (C=O) groups is 2. The number of carbonyl (C=O) groups excluding carboxylic acids is 2. The van der Waals surface area contributed by atoms with E-state index in [9.17, 15) is 9.59 Å². The van der Waals surface area contributed by atoms with E-state index in [1.807, 2.05) is 0 Å². The average Bonchev–Trinajstić information content (AvgIpc) is 3.01. The SMILES string of the molecule is CN1N=C(C(=O)NC[C@@H]2C[C@H]3CC[C@H]2C3)CCC1=O. The molecule has 2 saturated carbocycles. The lowest BCUT2D eigenvalue weighted by molar-refractivity contribution is -0.130. The van der Waals surface area contributed by atoms with Crippen LogP contribution < -0.4 is 5.32 Å². The zero-order valence-electron chi connectivity index (χ0n) is 11.4. The Labute approximate surface area is 113 Å². The minimum absolute atomic E-state index is 0.0235. The summed E-state index contributed by atoms with van der Waals surface area (Å²) in [7, 11) is 1.60. The number of nitrogens with one attached hydrogen (secondary N) is 1. The van der Waals surface area contributed by atoms with Crippen molar-refractivity contribution >= 4 is 17.5 Å². The molecule has 2 amide bonds. The number of nitrogens with zero attached hydrogens (tertiary/aromatic N) is 2. The number of fused-ring (bicyclic) bond motifs is 2. The Bertz CT molecular complexity index is 432. The van der Waals surface area contributed by atoms with Crippen molar-refractivity contribution in [3.8, 4) is 0 Å². The summed E-state index contributed by atoms with van der Waals surface area (Å²) in [6.45, 7) is 0.774. The van der Waals surface area contributed by atoms with Crippen LogP contribution in [0.3, 0.4) is 0 Å². The van der Waals surface area contributed by atoms with Crippen LogP contribution >= 0.6 is 0 Å². The van der Waals surface area contributed by atoms with Gasteiger partial charge in [0, 0.05) is 26.4 Å². The maximum Gasteiger partial charge on any atom is 0.267 e. The Balaban J connectivity index is 1.52. The van der Waals surface area contributed by atoms with Crippen LogP contribution in [0.4, 0.5) is 0 Å². The highest BCUT2D eigenvalue weighted by Crippen LogP contribution is 2.47. The van der Waals surface area contributed by atoms with Crippen molar-refractivity contribution in [3.05, 3.63) is 0 Å². The van der Waals surface area contributed by atoms with Gasteiger partial charge in [-0.05, 0) is 37.0 Å². The van der Waals surface area contributed by atoms with Crippen LogP contribution in [0.2, 0.25) is 0 Å². The van der Waals surface area contributed by atoms with Crippen LogP contribution in [0.1, 0.15) is 38.5 Å². The molecule has 0 radical (unpaired) electrons. The maximum absolute atomic E-state index is 12.0. The average molecular weight is 263 g/mol. The molecule has 0 aromatic rings. The van der Waals surface area contributed by atoms with E-state index in [0.717, 1.165) is 18.4 Å².